The van der Waals surface area contributed by atoms with E-state index in [0.717, 1.165) is 5.56 Å². The zero-order chi connectivity index (χ0) is 13.8. The lowest BCUT2D eigenvalue weighted by Gasteiger charge is -2.16. The number of nitrogens with one attached hydrogen (secondary N) is 1. The first-order chi connectivity index (χ1) is 9.13. The first-order valence-corrected chi connectivity index (χ1v) is 5.73. The van der Waals surface area contributed by atoms with Crippen LogP contribution in [-0.2, 0) is 0 Å². The van der Waals surface area contributed by atoms with E-state index in [2.05, 4.69) is 15.4 Å². The van der Waals surface area contributed by atoms with Gasteiger partial charge in [-0.05, 0) is 30.2 Å². The number of methoxy groups -OCH3 is 1. The summed E-state index contributed by atoms with van der Waals surface area (Å²) in [7, 11) is 1.52. The summed E-state index contributed by atoms with van der Waals surface area (Å²) in [6.45, 7) is 1.82. The highest BCUT2D eigenvalue weighted by Gasteiger charge is 2.16. The monoisotopic (exact) mass is 262 g/mol. The lowest BCUT2D eigenvalue weighted by atomic mass is 10.0. The summed E-state index contributed by atoms with van der Waals surface area (Å²) >= 11 is 0. The van der Waals surface area contributed by atoms with Gasteiger partial charge in [-0.1, -0.05) is 6.07 Å². The number of hydrazine groups is 1. The number of benzene rings is 1. The van der Waals surface area contributed by atoms with Crippen LogP contribution < -0.4 is 16.0 Å². The minimum atomic E-state index is -0.425. The fourth-order valence-corrected chi connectivity index (χ4v) is 1.91. The van der Waals surface area contributed by atoms with Gasteiger partial charge in [0.25, 0.3) is 0 Å². The molecule has 19 heavy (non-hydrogen) atoms. The number of halogens is 1. The average molecular weight is 262 g/mol. The van der Waals surface area contributed by atoms with Crippen molar-refractivity contribution in [2.24, 2.45) is 5.84 Å². The zero-order valence-corrected chi connectivity index (χ0v) is 10.7. The quantitative estimate of drug-likeness (QED) is 0.645. The summed E-state index contributed by atoms with van der Waals surface area (Å²) in [4.78, 5) is 8.07. The van der Waals surface area contributed by atoms with Crippen molar-refractivity contribution in [3.05, 3.63) is 53.2 Å². The second-order valence-corrected chi connectivity index (χ2v) is 4.15. The van der Waals surface area contributed by atoms with Crippen molar-refractivity contribution in [1.29, 1.82) is 0 Å². The van der Waals surface area contributed by atoms with Gasteiger partial charge in [0.2, 0.25) is 5.88 Å². The third kappa shape index (κ3) is 3.04. The van der Waals surface area contributed by atoms with E-state index < -0.39 is 6.04 Å². The van der Waals surface area contributed by atoms with E-state index in [1.54, 1.807) is 6.07 Å². The standard InChI is InChI=1S/C13H15FN4O/c1-8-3-9(5-10(14)4-8)13(18-15)11-6-12(19-2)17-7-16-11/h3-7,13,18H,15H2,1-2H3. The average Bonchev–Trinajstić information content (AvgIpc) is 2.39. The van der Waals surface area contributed by atoms with E-state index in [1.807, 2.05) is 13.0 Å². The predicted molar refractivity (Wildman–Crippen MR) is 68.9 cm³/mol. The number of aromatic nitrogens is 2. The number of rotatable bonds is 4. The number of hydrogen-bond donors (Lipinski definition) is 2. The van der Waals surface area contributed by atoms with Crippen molar-refractivity contribution in [3.63, 3.8) is 0 Å². The summed E-state index contributed by atoms with van der Waals surface area (Å²) in [6, 6.07) is 5.96. The highest BCUT2D eigenvalue weighted by Crippen LogP contribution is 2.23. The molecule has 0 amide bonds. The summed E-state index contributed by atoms with van der Waals surface area (Å²) < 4.78 is 18.5. The summed E-state index contributed by atoms with van der Waals surface area (Å²) in [5.41, 5.74) is 4.75. The van der Waals surface area contributed by atoms with E-state index >= 15 is 0 Å². The Morgan fingerprint density at radius 1 is 1.26 bits per heavy atom. The molecule has 0 bridgehead atoms. The van der Waals surface area contributed by atoms with Gasteiger partial charge in [0.15, 0.2) is 0 Å². The molecule has 3 N–H and O–H groups in total. The second-order valence-electron chi connectivity index (χ2n) is 4.15. The smallest absolute Gasteiger partial charge is 0.216 e. The molecule has 1 aromatic heterocycles. The number of hydrogen-bond acceptors (Lipinski definition) is 5. The van der Waals surface area contributed by atoms with Crippen LogP contribution in [0.1, 0.15) is 22.9 Å². The molecule has 2 rings (SSSR count). The lowest BCUT2D eigenvalue weighted by Crippen LogP contribution is -2.29. The summed E-state index contributed by atoms with van der Waals surface area (Å²) in [6.07, 6.45) is 1.38. The Labute approximate surface area is 110 Å². The summed E-state index contributed by atoms with van der Waals surface area (Å²) in [5, 5.41) is 0. The Hall–Kier alpha value is -2.05. The highest BCUT2D eigenvalue weighted by molar-refractivity contribution is 5.32. The fraction of sp³-hybridized carbons (Fsp3) is 0.231. The number of aryl methyl sites for hydroxylation is 1. The van der Waals surface area contributed by atoms with Crippen LogP contribution in [0.2, 0.25) is 0 Å². The molecular formula is C13H15FN4O. The van der Waals surface area contributed by atoms with Crippen LogP contribution in [0.3, 0.4) is 0 Å². The van der Waals surface area contributed by atoms with Gasteiger partial charge in [0, 0.05) is 6.07 Å². The van der Waals surface area contributed by atoms with Gasteiger partial charge in [0.05, 0.1) is 18.8 Å². The molecule has 1 atom stereocenters. The maximum absolute atomic E-state index is 13.5. The first-order valence-electron chi connectivity index (χ1n) is 5.73. The summed E-state index contributed by atoms with van der Waals surface area (Å²) in [5.74, 6) is 5.67. The van der Waals surface area contributed by atoms with Crippen LogP contribution in [0.25, 0.3) is 0 Å². The molecule has 0 aliphatic heterocycles. The van der Waals surface area contributed by atoms with Crippen LogP contribution in [0, 0.1) is 12.7 Å². The molecule has 0 saturated heterocycles. The molecule has 0 aliphatic rings. The maximum atomic E-state index is 13.5. The van der Waals surface area contributed by atoms with E-state index in [-0.39, 0.29) is 5.82 Å². The molecular weight excluding hydrogens is 247 g/mol. The largest absolute Gasteiger partial charge is 0.481 e. The van der Waals surface area contributed by atoms with Gasteiger partial charge in [0.1, 0.15) is 12.1 Å². The van der Waals surface area contributed by atoms with E-state index in [0.29, 0.717) is 17.1 Å². The molecule has 2 aromatic rings. The van der Waals surface area contributed by atoms with Crippen LogP contribution in [0.5, 0.6) is 5.88 Å². The molecule has 0 spiro atoms. The Balaban J connectivity index is 2.43. The fourth-order valence-electron chi connectivity index (χ4n) is 1.91. The molecule has 100 valence electrons. The number of ether oxygens (including phenoxy) is 1. The van der Waals surface area contributed by atoms with Crippen LogP contribution >= 0.6 is 0 Å². The molecule has 0 radical (unpaired) electrons. The predicted octanol–water partition coefficient (Wildman–Crippen LogP) is 1.49. The first kappa shape index (κ1) is 13.4. The van der Waals surface area contributed by atoms with Crippen molar-refractivity contribution >= 4 is 0 Å². The molecule has 0 fully saturated rings. The molecule has 1 heterocycles. The maximum Gasteiger partial charge on any atom is 0.216 e. The molecule has 6 heteroatoms. The van der Waals surface area contributed by atoms with Crippen molar-refractivity contribution in [3.8, 4) is 5.88 Å². The van der Waals surface area contributed by atoms with Crippen LogP contribution in [0.15, 0.2) is 30.6 Å². The van der Waals surface area contributed by atoms with Crippen molar-refractivity contribution < 1.29 is 9.13 Å². The van der Waals surface area contributed by atoms with Gasteiger partial charge in [-0.2, -0.15) is 0 Å². The molecule has 1 aromatic carbocycles. The molecule has 0 aliphatic carbocycles. The third-order valence-electron chi connectivity index (χ3n) is 2.73. The minimum Gasteiger partial charge on any atom is -0.481 e. The topological polar surface area (TPSA) is 73.1 Å². The molecule has 1 unspecified atom stereocenters. The Kier molecular flexibility index (Phi) is 4.03. The van der Waals surface area contributed by atoms with Gasteiger partial charge in [-0.15, -0.1) is 0 Å². The van der Waals surface area contributed by atoms with Gasteiger partial charge in [-0.3, -0.25) is 5.84 Å². The highest BCUT2D eigenvalue weighted by atomic mass is 19.1. The Morgan fingerprint density at radius 2 is 2.05 bits per heavy atom. The second kappa shape index (κ2) is 5.73. The van der Waals surface area contributed by atoms with Gasteiger partial charge >= 0.3 is 0 Å². The SMILES string of the molecule is COc1cc(C(NN)c2cc(C)cc(F)c2)ncn1. The van der Waals surface area contributed by atoms with Crippen molar-refractivity contribution in [1.82, 2.24) is 15.4 Å². The number of nitrogens with two attached hydrogens (primary N) is 1. The van der Waals surface area contributed by atoms with Gasteiger partial charge in [-0.25, -0.2) is 19.8 Å². The Bertz CT molecular complexity index is 556. The molecule has 5 nitrogen and oxygen atoms in total. The van der Waals surface area contributed by atoms with E-state index in [9.17, 15) is 4.39 Å². The zero-order valence-electron chi connectivity index (χ0n) is 10.7. The lowest BCUT2D eigenvalue weighted by molar-refractivity contribution is 0.395. The van der Waals surface area contributed by atoms with Crippen LogP contribution in [0.4, 0.5) is 4.39 Å². The van der Waals surface area contributed by atoms with E-state index in [1.165, 1.54) is 25.6 Å². The van der Waals surface area contributed by atoms with Crippen molar-refractivity contribution in [2.75, 3.05) is 7.11 Å². The minimum absolute atomic E-state index is 0.309. The Morgan fingerprint density at radius 3 is 2.68 bits per heavy atom. The third-order valence-corrected chi connectivity index (χ3v) is 2.73. The molecule has 0 saturated carbocycles. The van der Waals surface area contributed by atoms with Gasteiger partial charge < -0.3 is 4.74 Å². The van der Waals surface area contributed by atoms with E-state index in [4.69, 9.17) is 10.6 Å². The number of nitrogens with zero attached hydrogens (tertiary/aromatic N) is 2. The normalized spacial score (nSPS) is 12.2. The van der Waals surface area contributed by atoms with Crippen molar-refractivity contribution in [2.45, 2.75) is 13.0 Å². The van der Waals surface area contributed by atoms with Crippen LogP contribution in [-0.4, -0.2) is 17.1 Å².